The summed E-state index contributed by atoms with van der Waals surface area (Å²) in [5.41, 5.74) is 7.69. The van der Waals surface area contributed by atoms with Gasteiger partial charge in [-0.15, -0.1) is 0 Å². The molecular formula is C21H16N4O2. The summed E-state index contributed by atoms with van der Waals surface area (Å²) >= 11 is 0. The zero-order valence-corrected chi connectivity index (χ0v) is 14.6. The van der Waals surface area contributed by atoms with E-state index >= 15 is 0 Å². The van der Waals surface area contributed by atoms with Crippen molar-refractivity contribution in [3.8, 4) is 11.5 Å². The Morgan fingerprint density at radius 2 is 1.85 bits per heavy atom. The second-order valence-corrected chi connectivity index (χ2v) is 6.32. The minimum Gasteiger partial charge on any atom is -0.454 e. The van der Waals surface area contributed by atoms with Gasteiger partial charge in [0.15, 0.2) is 11.5 Å². The Bertz CT molecular complexity index is 1200. The van der Waals surface area contributed by atoms with Gasteiger partial charge in [0.2, 0.25) is 6.79 Å². The molecular weight excluding hydrogens is 340 g/mol. The zero-order valence-electron chi connectivity index (χ0n) is 14.6. The highest BCUT2D eigenvalue weighted by Crippen LogP contribution is 2.38. The lowest BCUT2D eigenvalue weighted by molar-refractivity contribution is 0.174. The number of benzene rings is 2. The maximum absolute atomic E-state index is 5.49. The Hall–Kier alpha value is -3.67. The van der Waals surface area contributed by atoms with Gasteiger partial charge < -0.3 is 9.47 Å². The lowest BCUT2D eigenvalue weighted by Crippen LogP contribution is -1.95. The summed E-state index contributed by atoms with van der Waals surface area (Å²) in [5, 5.41) is 6.44. The number of aromatic nitrogens is 2. The molecule has 0 saturated carbocycles. The van der Waals surface area contributed by atoms with Crippen molar-refractivity contribution in [1.82, 2.24) is 9.97 Å². The van der Waals surface area contributed by atoms with Gasteiger partial charge in [-0.3, -0.25) is 15.4 Å². The van der Waals surface area contributed by atoms with Gasteiger partial charge in [-0.2, -0.15) is 5.10 Å². The number of pyridine rings is 2. The van der Waals surface area contributed by atoms with E-state index < -0.39 is 0 Å². The number of fused-ring (bicyclic) bond motifs is 3. The Morgan fingerprint density at radius 1 is 1.00 bits per heavy atom. The van der Waals surface area contributed by atoms with Gasteiger partial charge in [0, 0.05) is 34.3 Å². The molecule has 5 rings (SSSR count). The highest BCUT2D eigenvalue weighted by molar-refractivity contribution is 5.99. The van der Waals surface area contributed by atoms with Crippen LogP contribution in [0, 0.1) is 6.92 Å². The van der Waals surface area contributed by atoms with E-state index in [1.54, 1.807) is 12.4 Å². The molecule has 0 aliphatic carbocycles. The molecule has 0 fully saturated rings. The molecule has 3 heterocycles. The second kappa shape index (κ2) is 6.25. The molecule has 0 unspecified atom stereocenters. The molecule has 0 amide bonds. The highest BCUT2D eigenvalue weighted by Gasteiger charge is 2.16. The van der Waals surface area contributed by atoms with Crippen LogP contribution in [-0.4, -0.2) is 23.0 Å². The quantitative estimate of drug-likeness (QED) is 0.439. The predicted molar refractivity (Wildman–Crippen MR) is 106 cm³/mol. The molecule has 0 radical (unpaired) electrons. The van der Waals surface area contributed by atoms with Gasteiger partial charge in [0.25, 0.3) is 0 Å². The maximum atomic E-state index is 5.49. The van der Waals surface area contributed by atoms with E-state index in [-0.39, 0.29) is 6.79 Å². The summed E-state index contributed by atoms with van der Waals surface area (Å²) in [5.74, 6) is 1.44. The molecule has 1 aliphatic heterocycles. The van der Waals surface area contributed by atoms with Crippen molar-refractivity contribution in [3.05, 3.63) is 66.0 Å². The fraction of sp³-hybridized carbons (Fsp3) is 0.0952. The SMILES string of the molecule is Cc1cc(N/N=C/c2ccnc3ccccc23)c2cc3c(cc2n1)OCO3. The van der Waals surface area contributed by atoms with Crippen molar-refractivity contribution >= 4 is 33.7 Å². The van der Waals surface area contributed by atoms with Gasteiger partial charge in [-0.05, 0) is 31.2 Å². The second-order valence-electron chi connectivity index (χ2n) is 6.32. The lowest BCUT2D eigenvalue weighted by Gasteiger charge is -2.08. The lowest BCUT2D eigenvalue weighted by atomic mass is 10.1. The number of anilines is 1. The van der Waals surface area contributed by atoms with Crippen LogP contribution in [0.25, 0.3) is 21.8 Å². The number of para-hydroxylation sites is 1. The van der Waals surface area contributed by atoms with E-state index in [1.807, 2.05) is 55.5 Å². The number of nitrogens with zero attached hydrogens (tertiary/aromatic N) is 3. The topological polar surface area (TPSA) is 68.6 Å². The monoisotopic (exact) mass is 356 g/mol. The fourth-order valence-corrected chi connectivity index (χ4v) is 3.24. The zero-order chi connectivity index (χ0) is 18.2. The van der Waals surface area contributed by atoms with Crippen LogP contribution >= 0.6 is 0 Å². The Balaban J connectivity index is 1.52. The van der Waals surface area contributed by atoms with Crippen LogP contribution < -0.4 is 14.9 Å². The summed E-state index contributed by atoms with van der Waals surface area (Å²) in [6.45, 7) is 2.19. The molecule has 1 N–H and O–H groups in total. The van der Waals surface area contributed by atoms with E-state index in [0.717, 1.165) is 50.2 Å². The average Bonchev–Trinajstić information content (AvgIpc) is 3.14. The van der Waals surface area contributed by atoms with Gasteiger partial charge in [0.05, 0.1) is 22.9 Å². The van der Waals surface area contributed by atoms with Gasteiger partial charge in [-0.1, -0.05) is 18.2 Å². The molecule has 0 spiro atoms. The number of ether oxygens (including phenoxy) is 2. The molecule has 0 atom stereocenters. The number of aryl methyl sites for hydroxylation is 1. The highest BCUT2D eigenvalue weighted by atomic mass is 16.7. The van der Waals surface area contributed by atoms with Gasteiger partial charge >= 0.3 is 0 Å². The summed E-state index contributed by atoms with van der Waals surface area (Å²) in [6, 6.07) is 15.7. The molecule has 2 aromatic carbocycles. The fourth-order valence-electron chi connectivity index (χ4n) is 3.24. The van der Waals surface area contributed by atoms with Crippen LogP contribution in [0.2, 0.25) is 0 Å². The first-order valence-corrected chi connectivity index (χ1v) is 8.62. The Kier molecular flexibility index (Phi) is 3.60. The van der Waals surface area contributed by atoms with E-state index in [2.05, 4.69) is 20.5 Å². The summed E-state index contributed by atoms with van der Waals surface area (Å²) in [4.78, 5) is 8.96. The molecule has 6 nitrogen and oxygen atoms in total. The Labute approximate surface area is 155 Å². The summed E-state index contributed by atoms with van der Waals surface area (Å²) < 4.78 is 10.9. The number of nitrogens with one attached hydrogen (secondary N) is 1. The third kappa shape index (κ3) is 2.81. The number of hydrazone groups is 1. The van der Waals surface area contributed by atoms with E-state index in [9.17, 15) is 0 Å². The minimum absolute atomic E-state index is 0.237. The van der Waals surface area contributed by atoms with Crippen molar-refractivity contribution < 1.29 is 9.47 Å². The standard InChI is InChI=1S/C21H16N4O2/c1-13-8-19(16-9-20-21(27-12-26-20)10-18(16)24-13)25-23-11-14-6-7-22-17-5-3-2-4-15(14)17/h2-11H,12H2,1H3,(H,24,25)/b23-11+. The van der Waals surface area contributed by atoms with Crippen LogP contribution in [0.1, 0.15) is 11.3 Å². The van der Waals surface area contributed by atoms with Crippen LogP contribution in [0.4, 0.5) is 5.69 Å². The third-order valence-electron chi connectivity index (χ3n) is 4.50. The van der Waals surface area contributed by atoms with Crippen molar-refractivity contribution in [2.75, 3.05) is 12.2 Å². The average molecular weight is 356 g/mol. The van der Waals surface area contributed by atoms with Crippen molar-refractivity contribution in [3.63, 3.8) is 0 Å². The predicted octanol–water partition coefficient (Wildman–Crippen LogP) is 4.27. The van der Waals surface area contributed by atoms with Crippen molar-refractivity contribution in [2.24, 2.45) is 5.10 Å². The number of hydrogen-bond donors (Lipinski definition) is 1. The molecule has 2 aromatic heterocycles. The van der Waals surface area contributed by atoms with E-state index in [0.29, 0.717) is 0 Å². The molecule has 6 heteroatoms. The maximum Gasteiger partial charge on any atom is 0.231 e. The van der Waals surface area contributed by atoms with Crippen LogP contribution in [0.15, 0.2) is 59.8 Å². The molecule has 132 valence electrons. The summed E-state index contributed by atoms with van der Waals surface area (Å²) in [6.07, 6.45) is 3.59. The molecule has 4 aromatic rings. The minimum atomic E-state index is 0.237. The van der Waals surface area contributed by atoms with Crippen LogP contribution in [-0.2, 0) is 0 Å². The normalized spacial score (nSPS) is 12.9. The number of rotatable bonds is 3. The van der Waals surface area contributed by atoms with Crippen molar-refractivity contribution in [2.45, 2.75) is 6.92 Å². The van der Waals surface area contributed by atoms with Gasteiger partial charge in [0.1, 0.15) is 0 Å². The van der Waals surface area contributed by atoms with Gasteiger partial charge in [-0.25, -0.2) is 0 Å². The first-order valence-electron chi connectivity index (χ1n) is 8.62. The Morgan fingerprint density at radius 3 is 2.78 bits per heavy atom. The molecule has 1 aliphatic rings. The van der Waals surface area contributed by atoms with Crippen LogP contribution in [0.3, 0.4) is 0 Å². The smallest absolute Gasteiger partial charge is 0.231 e. The molecule has 0 bridgehead atoms. The van der Waals surface area contributed by atoms with Crippen molar-refractivity contribution in [1.29, 1.82) is 0 Å². The van der Waals surface area contributed by atoms with E-state index in [1.165, 1.54) is 0 Å². The molecule has 0 saturated heterocycles. The third-order valence-corrected chi connectivity index (χ3v) is 4.50. The van der Waals surface area contributed by atoms with Crippen LogP contribution in [0.5, 0.6) is 11.5 Å². The first-order chi connectivity index (χ1) is 13.3. The first kappa shape index (κ1) is 15.6. The molecule has 27 heavy (non-hydrogen) atoms. The number of hydrogen-bond acceptors (Lipinski definition) is 6. The summed E-state index contributed by atoms with van der Waals surface area (Å²) in [7, 11) is 0. The largest absolute Gasteiger partial charge is 0.454 e. The van der Waals surface area contributed by atoms with E-state index in [4.69, 9.17) is 9.47 Å².